The zero-order valence-corrected chi connectivity index (χ0v) is 15.6. The van der Waals surface area contributed by atoms with Gasteiger partial charge in [0.15, 0.2) is 0 Å². The van der Waals surface area contributed by atoms with Crippen LogP contribution in [0.1, 0.15) is 37.5 Å². The minimum Gasteiger partial charge on any atom is -0.545 e. The number of hydrogen-bond acceptors (Lipinski definition) is 5. The second-order valence-electron chi connectivity index (χ2n) is 5.11. The smallest absolute Gasteiger partial charge is 0.545 e. The predicted octanol–water partition coefficient (Wildman–Crippen LogP) is -1.78. The van der Waals surface area contributed by atoms with Gasteiger partial charge in [0, 0.05) is 16.9 Å². The van der Waals surface area contributed by atoms with Gasteiger partial charge in [-0.25, -0.2) is 4.98 Å². The molecule has 0 saturated heterocycles. The first-order valence-electron chi connectivity index (χ1n) is 6.66. The second-order valence-corrected chi connectivity index (χ2v) is 5.11. The molecule has 0 atom stereocenters. The number of benzene rings is 1. The van der Waals surface area contributed by atoms with Crippen molar-refractivity contribution < 1.29 is 44.3 Å². The fraction of sp³-hybridized carbons (Fsp3) is 0.188. The SMILES string of the molecule is Cc1ccc(Nc2nc(C)c(C(=O)[O-])cc2C(N)=O)c(C)c1.[Na+]. The van der Waals surface area contributed by atoms with E-state index in [0.29, 0.717) is 0 Å². The molecule has 1 amide bonds. The predicted molar refractivity (Wildman–Crippen MR) is 81.0 cm³/mol. The van der Waals surface area contributed by atoms with Gasteiger partial charge in [-0.05, 0) is 38.5 Å². The summed E-state index contributed by atoms with van der Waals surface area (Å²) < 4.78 is 0. The van der Waals surface area contributed by atoms with Crippen LogP contribution < -0.4 is 45.7 Å². The Morgan fingerprint density at radius 3 is 2.30 bits per heavy atom. The Kier molecular flexibility index (Phi) is 6.32. The van der Waals surface area contributed by atoms with Gasteiger partial charge in [0.1, 0.15) is 5.82 Å². The standard InChI is InChI=1S/C16H17N3O3.Na/c1-8-4-5-13(9(2)6-8)19-15-12(14(17)20)7-11(16(21)22)10(3)18-15;/h4-7H,1-3H3,(H2,17,20)(H,18,19)(H,21,22);/q;+1/p-1. The van der Waals surface area contributed by atoms with E-state index >= 15 is 0 Å². The van der Waals surface area contributed by atoms with Gasteiger partial charge in [-0.1, -0.05) is 17.7 Å². The molecule has 0 saturated carbocycles. The third-order valence-electron chi connectivity index (χ3n) is 3.33. The van der Waals surface area contributed by atoms with Crippen LogP contribution in [-0.4, -0.2) is 16.9 Å². The van der Waals surface area contributed by atoms with Crippen molar-refractivity contribution in [3.63, 3.8) is 0 Å². The third-order valence-corrected chi connectivity index (χ3v) is 3.33. The van der Waals surface area contributed by atoms with Gasteiger partial charge in [-0.3, -0.25) is 4.79 Å². The third kappa shape index (κ3) is 4.31. The van der Waals surface area contributed by atoms with E-state index in [1.807, 2.05) is 32.0 Å². The Balaban J connectivity index is 0.00000264. The average molecular weight is 321 g/mol. The number of carboxylic acids is 1. The number of pyridine rings is 1. The molecule has 1 heterocycles. The van der Waals surface area contributed by atoms with Crippen LogP contribution in [-0.2, 0) is 0 Å². The van der Waals surface area contributed by atoms with Gasteiger partial charge in [0.05, 0.1) is 11.5 Å². The van der Waals surface area contributed by atoms with Crippen molar-refractivity contribution in [1.29, 1.82) is 0 Å². The largest absolute Gasteiger partial charge is 1.00 e. The summed E-state index contributed by atoms with van der Waals surface area (Å²) in [6.45, 7) is 5.42. The first kappa shape index (κ1) is 19.2. The van der Waals surface area contributed by atoms with E-state index in [-0.39, 0.29) is 52.2 Å². The van der Waals surface area contributed by atoms with Gasteiger partial charge in [0.2, 0.25) is 0 Å². The summed E-state index contributed by atoms with van der Waals surface area (Å²) in [4.78, 5) is 26.7. The van der Waals surface area contributed by atoms with Crippen LogP contribution in [0.15, 0.2) is 24.3 Å². The number of carboxylic acid groups (broad SMARTS) is 1. The Hall–Kier alpha value is -1.89. The number of carbonyl (C=O) groups excluding carboxylic acids is 2. The zero-order chi connectivity index (χ0) is 16.4. The normalized spacial score (nSPS) is 9.87. The molecule has 1 aromatic carbocycles. The number of nitrogens with zero attached hydrogens (tertiary/aromatic N) is 1. The number of amides is 1. The Morgan fingerprint density at radius 1 is 1.13 bits per heavy atom. The van der Waals surface area contributed by atoms with E-state index in [9.17, 15) is 14.7 Å². The quantitative estimate of drug-likeness (QED) is 0.647. The van der Waals surface area contributed by atoms with Crippen molar-refractivity contribution in [3.05, 3.63) is 52.2 Å². The molecule has 0 bridgehead atoms. The maximum absolute atomic E-state index is 11.6. The topological polar surface area (TPSA) is 108 Å². The molecule has 2 aromatic rings. The minimum absolute atomic E-state index is 0. The number of rotatable bonds is 4. The summed E-state index contributed by atoms with van der Waals surface area (Å²) in [5.74, 6) is -1.94. The van der Waals surface area contributed by atoms with Crippen molar-refractivity contribution in [2.24, 2.45) is 5.73 Å². The van der Waals surface area contributed by atoms with Gasteiger partial charge >= 0.3 is 29.6 Å². The van der Waals surface area contributed by atoms with E-state index in [1.54, 1.807) is 0 Å². The van der Waals surface area contributed by atoms with E-state index in [0.717, 1.165) is 16.8 Å². The Bertz CT molecular complexity index is 775. The molecule has 23 heavy (non-hydrogen) atoms. The maximum Gasteiger partial charge on any atom is 1.00 e. The number of nitrogens with one attached hydrogen (secondary N) is 1. The molecule has 0 aliphatic heterocycles. The van der Waals surface area contributed by atoms with Crippen LogP contribution in [0.25, 0.3) is 0 Å². The van der Waals surface area contributed by atoms with Crippen LogP contribution in [0.2, 0.25) is 0 Å². The van der Waals surface area contributed by atoms with Gasteiger partial charge in [-0.2, -0.15) is 0 Å². The number of aromatic nitrogens is 1. The minimum atomic E-state index is -1.40. The van der Waals surface area contributed by atoms with Crippen LogP contribution in [0.4, 0.5) is 11.5 Å². The first-order chi connectivity index (χ1) is 10.3. The molecule has 3 N–H and O–H groups in total. The molecule has 0 fully saturated rings. The molecular formula is C16H16N3NaO3. The summed E-state index contributed by atoms with van der Waals surface area (Å²) in [5, 5.41) is 14.1. The molecule has 0 radical (unpaired) electrons. The fourth-order valence-electron chi connectivity index (χ4n) is 2.18. The molecule has 1 aromatic heterocycles. The monoisotopic (exact) mass is 321 g/mol. The molecule has 2 rings (SSSR count). The van der Waals surface area contributed by atoms with Crippen LogP contribution >= 0.6 is 0 Å². The molecule has 6 nitrogen and oxygen atoms in total. The van der Waals surface area contributed by atoms with Crippen molar-refractivity contribution in [2.75, 3.05) is 5.32 Å². The van der Waals surface area contributed by atoms with Crippen molar-refractivity contribution >= 4 is 23.4 Å². The Labute approximate surface area is 156 Å². The molecule has 0 spiro atoms. The summed E-state index contributed by atoms with van der Waals surface area (Å²) in [6, 6.07) is 6.95. The van der Waals surface area contributed by atoms with Crippen LogP contribution in [0.5, 0.6) is 0 Å². The van der Waals surface area contributed by atoms with Crippen molar-refractivity contribution in [3.8, 4) is 0 Å². The van der Waals surface area contributed by atoms with Gasteiger partial charge in [0.25, 0.3) is 5.91 Å². The van der Waals surface area contributed by atoms with Crippen molar-refractivity contribution in [1.82, 2.24) is 4.98 Å². The summed E-state index contributed by atoms with van der Waals surface area (Å²) in [7, 11) is 0. The second kappa shape index (κ2) is 7.59. The average Bonchev–Trinajstić information content (AvgIpc) is 2.41. The Morgan fingerprint density at radius 2 is 1.78 bits per heavy atom. The number of carbonyl (C=O) groups is 2. The molecule has 7 heteroatoms. The number of aryl methyl sites for hydroxylation is 3. The molecule has 114 valence electrons. The fourth-order valence-corrected chi connectivity index (χ4v) is 2.18. The zero-order valence-electron chi connectivity index (χ0n) is 13.6. The van der Waals surface area contributed by atoms with E-state index < -0.39 is 11.9 Å². The van der Waals surface area contributed by atoms with Gasteiger partial charge < -0.3 is 21.0 Å². The van der Waals surface area contributed by atoms with Gasteiger partial charge in [-0.15, -0.1) is 0 Å². The summed E-state index contributed by atoms with van der Waals surface area (Å²) in [5.41, 5.74) is 8.26. The van der Waals surface area contributed by atoms with E-state index in [1.165, 1.54) is 13.0 Å². The van der Waals surface area contributed by atoms with Crippen LogP contribution in [0, 0.1) is 20.8 Å². The maximum atomic E-state index is 11.6. The molecular weight excluding hydrogens is 305 g/mol. The number of anilines is 2. The number of aromatic carboxylic acids is 1. The van der Waals surface area contributed by atoms with Crippen molar-refractivity contribution in [2.45, 2.75) is 20.8 Å². The number of nitrogens with two attached hydrogens (primary N) is 1. The molecule has 0 aliphatic rings. The van der Waals surface area contributed by atoms with E-state index in [4.69, 9.17) is 5.73 Å². The molecule has 0 unspecified atom stereocenters. The number of hydrogen-bond donors (Lipinski definition) is 2. The molecule has 0 aliphatic carbocycles. The number of primary amides is 1. The first-order valence-corrected chi connectivity index (χ1v) is 6.66. The van der Waals surface area contributed by atoms with Crippen LogP contribution in [0.3, 0.4) is 0 Å². The summed E-state index contributed by atoms with van der Waals surface area (Å²) >= 11 is 0. The van der Waals surface area contributed by atoms with E-state index in [2.05, 4.69) is 10.3 Å². The summed E-state index contributed by atoms with van der Waals surface area (Å²) in [6.07, 6.45) is 0.